The summed E-state index contributed by atoms with van der Waals surface area (Å²) in [6, 6.07) is 3.77. The van der Waals surface area contributed by atoms with Crippen molar-refractivity contribution >= 4 is 17.3 Å². The lowest BCUT2D eigenvalue weighted by Crippen LogP contribution is -2.06. The maximum atomic E-state index is 11.1. The Bertz CT molecular complexity index is 741. The van der Waals surface area contributed by atoms with E-state index in [4.69, 9.17) is 0 Å². The normalized spacial score (nSPS) is 11.1. The van der Waals surface area contributed by atoms with Gasteiger partial charge in [0.1, 0.15) is 5.65 Å². The Kier molecular flexibility index (Phi) is 3.33. The minimum atomic E-state index is 0.668. The van der Waals surface area contributed by atoms with Crippen LogP contribution in [0.3, 0.4) is 0 Å². The van der Waals surface area contributed by atoms with Gasteiger partial charge in [0, 0.05) is 36.1 Å². The van der Waals surface area contributed by atoms with Crippen molar-refractivity contribution < 1.29 is 4.79 Å². The highest BCUT2D eigenvalue weighted by molar-refractivity contribution is 5.95. The van der Waals surface area contributed by atoms with E-state index in [1.807, 2.05) is 35.4 Å². The van der Waals surface area contributed by atoms with E-state index in [2.05, 4.69) is 21.5 Å². The molecule has 0 aromatic carbocycles. The lowest BCUT2D eigenvalue weighted by atomic mass is 10.2. The molecule has 0 atom stereocenters. The molecule has 0 fully saturated rings. The van der Waals surface area contributed by atoms with Gasteiger partial charge in [-0.05, 0) is 18.6 Å². The second kappa shape index (κ2) is 5.28. The lowest BCUT2D eigenvalue weighted by molar-refractivity contribution is 0.112. The Labute approximate surface area is 116 Å². The van der Waals surface area contributed by atoms with Crippen molar-refractivity contribution in [1.29, 1.82) is 0 Å². The first-order chi connectivity index (χ1) is 9.83. The van der Waals surface area contributed by atoms with E-state index in [1.165, 1.54) is 0 Å². The van der Waals surface area contributed by atoms with Gasteiger partial charge in [-0.2, -0.15) is 0 Å². The Morgan fingerprint density at radius 3 is 3.05 bits per heavy atom. The van der Waals surface area contributed by atoms with Crippen LogP contribution >= 0.6 is 0 Å². The molecule has 0 aliphatic heterocycles. The van der Waals surface area contributed by atoms with Crippen LogP contribution in [0.5, 0.6) is 0 Å². The maximum absolute atomic E-state index is 11.1. The van der Waals surface area contributed by atoms with E-state index in [0.29, 0.717) is 12.1 Å². The van der Waals surface area contributed by atoms with E-state index in [0.717, 1.165) is 36.0 Å². The first-order valence-electron chi connectivity index (χ1n) is 6.71. The highest BCUT2D eigenvalue weighted by atomic mass is 16.1. The topological polar surface area (TPSA) is 52.7 Å². The van der Waals surface area contributed by atoms with Crippen LogP contribution in [0, 0.1) is 0 Å². The Morgan fingerprint density at radius 1 is 1.35 bits per heavy atom. The fraction of sp³-hybridized carbons (Fsp3) is 0.267. The second-order valence-electron chi connectivity index (χ2n) is 4.78. The first-order valence-corrected chi connectivity index (χ1v) is 6.71. The van der Waals surface area contributed by atoms with Crippen LogP contribution in [0.15, 0.2) is 37.1 Å². The van der Waals surface area contributed by atoms with E-state index in [1.54, 1.807) is 6.20 Å². The van der Waals surface area contributed by atoms with Crippen molar-refractivity contribution in [2.45, 2.75) is 26.4 Å². The Balaban J connectivity index is 2.02. The van der Waals surface area contributed by atoms with Crippen molar-refractivity contribution in [2.75, 3.05) is 0 Å². The van der Waals surface area contributed by atoms with Crippen LogP contribution < -0.4 is 0 Å². The van der Waals surface area contributed by atoms with Gasteiger partial charge < -0.3 is 9.13 Å². The predicted molar refractivity (Wildman–Crippen MR) is 76.7 cm³/mol. The third-order valence-electron chi connectivity index (χ3n) is 3.39. The molecule has 0 N–H and O–H groups in total. The highest BCUT2D eigenvalue weighted by Gasteiger charge is 2.10. The minimum Gasteiger partial charge on any atom is -0.333 e. The van der Waals surface area contributed by atoms with Gasteiger partial charge >= 0.3 is 0 Å². The molecular weight excluding hydrogens is 252 g/mol. The van der Waals surface area contributed by atoms with Gasteiger partial charge in [-0.15, -0.1) is 0 Å². The maximum Gasteiger partial charge on any atom is 0.152 e. The molecule has 0 aliphatic carbocycles. The molecule has 5 heteroatoms. The van der Waals surface area contributed by atoms with Crippen molar-refractivity contribution in [3.05, 3.63) is 48.3 Å². The fourth-order valence-electron chi connectivity index (χ4n) is 2.46. The number of aldehydes is 1. The zero-order valence-electron chi connectivity index (χ0n) is 11.4. The van der Waals surface area contributed by atoms with Crippen LogP contribution in [0.2, 0.25) is 0 Å². The smallest absolute Gasteiger partial charge is 0.152 e. The number of aryl methyl sites for hydroxylation is 1. The summed E-state index contributed by atoms with van der Waals surface area (Å²) in [6.45, 7) is 3.75. The molecule has 20 heavy (non-hydrogen) atoms. The fourth-order valence-corrected chi connectivity index (χ4v) is 2.46. The molecule has 0 bridgehead atoms. The summed E-state index contributed by atoms with van der Waals surface area (Å²) >= 11 is 0. The number of hydrogen-bond acceptors (Lipinski definition) is 3. The summed E-state index contributed by atoms with van der Waals surface area (Å²) in [5.41, 5.74) is 2.63. The summed E-state index contributed by atoms with van der Waals surface area (Å²) in [6.07, 6.45) is 9.26. The number of nitrogens with zero attached hydrogens (tertiary/aromatic N) is 4. The van der Waals surface area contributed by atoms with Crippen molar-refractivity contribution in [1.82, 2.24) is 19.1 Å². The average Bonchev–Trinajstić information content (AvgIpc) is 3.05. The molecule has 3 heterocycles. The molecule has 0 aliphatic rings. The number of carbonyl (C=O) groups is 1. The minimum absolute atomic E-state index is 0.668. The largest absolute Gasteiger partial charge is 0.333 e. The molecule has 0 unspecified atom stereocenters. The lowest BCUT2D eigenvalue weighted by Gasteiger charge is -2.08. The van der Waals surface area contributed by atoms with Crippen LogP contribution in [0.25, 0.3) is 11.0 Å². The number of carbonyl (C=O) groups excluding carboxylic acids is 1. The second-order valence-corrected chi connectivity index (χ2v) is 4.78. The zero-order valence-corrected chi connectivity index (χ0v) is 11.4. The number of hydrogen-bond donors (Lipinski definition) is 0. The zero-order chi connectivity index (χ0) is 13.9. The molecule has 0 saturated carbocycles. The van der Waals surface area contributed by atoms with Crippen molar-refractivity contribution in [3.63, 3.8) is 0 Å². The molecule has 3 aromatic rings. The van der Waals surface area contributed by atoms with Gasteiger partial charge in [0.15, 0.2) is 6.29 Å². The number of imidazole rings is 1. The van der Waals surface area contributed by atoms with Gasteiger partial charge in [0.25, 0.3) is 0 Å². The van der Waals surface area contributed by atoms with Crippen LogP contribution in [0.4, 0.5) is 0 Å². The van der Waals surface area contributed by atoms with Gasteiger partial charge in [0.05, 0.1) is 18.6 Å². The summed E-state index contributed by atoms with van der Waals surface area (Å²) in [7, 11) is 0. The molecule has 5 nitrogen and oxygen atoms in total. The van der Waals surface area contributed by atoms with Crippen molar-refractivity contribution in [2.24, 2.45) is 0 Å². The number of rotatable bonds is 5. The highest BCUT2D eigenvalue weighted by Crippen LogP contribution is 2.19. The number of pyridine rings is 1. The summed E-state index contributed by atoms with van der Waals surface area (Å²) < 4.78 is 4.14. The van der Waals surface area contributed by atoms with Crippen molar-refractivity contribution in [3.8, 4) is 0 Å². The van der Waals surface area contributed by atoms with Gasteiger partial charge in [0.2, 0.25) is 0 Å². The Morgan fingerprint density at radius 2 is 2.25 bits per heavy atom. The van der Waals surface area contributed by atoms with Gasteiger partial charge in [-0.1, -0.05) is 6.92 Å². The van der Waals surface area contributed by atoms with E-state index in [9.17, 15) is 4.79 Å². The molecule has 0 amide bonds. The molecule has 0 radical (unpaired) electrons. The quantitative estimate of drug-likeness (QED) is 0.668. The SMILES string of the molecule is CCCn1cncc1Cn1cc(C=O)c2cccnc21. The van der Waals surface area contributed by atoms with Crippen LogP contribution in [0.1, 0.15) is 29.4 Å². The van der Waals surface area contributed by atoms with Crippen LogP contribution in [-0.4, -0.2) is 25.4 Å². The van der Waals surface area contributed by atoms with E-state index < -0.39 is 0 Å². The molecule has 102 valence electrons. The standard InChI is InChI=1S/C15H16N4O/c1-2-6-18-11-16-7-13(18)9-19-8-12(10-20)14-4-3-5-17-15(14)19/h3-5,7-8,10-11H,2,6,9H2,1H3. The summed E-state index contributed by atoms with van der Waals surface area (Å²) in [5.74, 6) is 0. The first kappa shape index (κ1) is 12.6. The van der Waals surface area contributed by atoms with Gasteiger partial charge in [-0.25, -0.2) is 9.97 Å². The monoisotopic (exact) mass is 268 g/mol. The molecule has 0 saturated heterocycles. The van der Waals surface area contributed by atoms with Crippen LogP contribution in [-0.2, 0) is 13.1 Å². The predicted octanol–water partition coefficient (Wildman–Crippen LogP) is 2.50. The molecule has 3 rings (SSSR count). The average molecular weight is 268 g/mol. The third kappa shape index (κ3) is 2.11. The third-order valence-corrected chi connectivity index (χ3v) is 3.39. The van der Waals surface area contributed by atoms with Gasteiger partial charge in [-0.3, -0.25) is 4.79 Å². The van der Waals surface area contributed by atoms with E-state index in [-0.39, 0.29) is 0 Å². The number of fused-ring (bicyclic) bond motifs is 1. The van der Waals surface area contributed by atoms with E-state index >= 15 is 0 Å². The molecule has 3 aromatic heterocycles. The molecule has 0 spiro atoms. The molecular formula is C15H16N4O. The summed E-state index contributed by atoms with van der Waals surface area (Å²) in [4.78, 5) is 19.7. The Hall–Kier alpha value is -2.43. The number of aromatic nitrogens is 4. The summed E-state index contributed by atoms with van der Waals surface area (Å²) in [5, 5.41) is 0.893.